The van der Waals surface area contributed by atoms with Gasteiger partial charge in [0, 0.05) is 38.9 Å². The monoisotopic (exact) mass is 431 g/mol. The van der Waals surface area contributed by atoms with Crippen molar-refractivity contribution in [1.29, 1.82) is 0 Å². The van der Waals surface area contributed by atoms with Crippen LogP contribution in [-0.4, -0.2) is 65.3 Å². The average Bonchev–Trinajstić information content (AvgIpc) is 2.83. The van der Waals surface area contributed by atoms with E-state index in [0.29, 0.717) is 19.8 Å². The van der Waals surface area contributed by atoms with Crippen molar-refractivity contribution in [3.63, 3.8) is 0 Å². The van der Waals surface area contributed by atoms with E-state index in [2.05, 4.69) is 75.4 Å². The van der Waals surface area contributed by atoms with Crippen LogP contribution in [0.15, 0.2) is 79.0 Å². The summed E-state index contributed by atoms with van der Waals surface area (Å²) < 4.78 is 5.69. The normalized spacial score (nSPS) is 16.3. The lowest BCUT2D eigenvalue weighted by Gasteiger charge is -2.40. The minimum absolute atomic E-state index is 0.259. The van der Waals surface area contributed by atoms with Gasteiger partial charge in [0.15, 0.2) is 0 Å². The minimum Gasteiger partial charge on any atom is -0.389 e. The highest BCUT2D eigenvalue weighted by Crippen LogP contribution is 2.29. The Morgan fingerprint density at radius 2 is 1.50 bits per heavy atom. The summed E-state index contributed by atoms with van der Waals surface area (Å²) in [6, 6.07) is 25.7. The van der Waals surface area contributed by atoms with Crippen LogP contribution >= 0.6 is 0 Å². The zero-order chi connectivity index (χ0) is 22.2. The van der Waals surface area contributed by atoms with Crippen molar-refractivity contribution in [3.05, 3.63) is 101 Å². The number of rotatable bonds is 9. The SMILES string of the molecule is Cc1ccc(COCC(O)CN2CCN(C(c3ccccc3)c3ccccc3)CC2)nc1. The Balaban J connectivity index is 1.27. The lowest BCUT2D eigenvalue weighted by Crippen LogP contribution is -2.50. The lowest BCUT2D eigenvalue weighted by molar-refractivity contribution is -0.00145. The van der Waals surface area contributed by atoms with Crippen LogP contribution in [0.25, 0.3) is 0 Å². The van der Waals surface area contributed by atoms with Gasteiger partial charge in [-0.15, -0.1) is 0 Å². The van der Waals surface area contributed by atoms with Gasteiger partial charge >= 0.3 is 0 Å². The molecule has 0 amide bonds. The first-order valence-corrected chi connectivity index (χ1v) is 11.4. The molecule has 0 saturated carbocycles. The van der Waals surface area contributed by atoms with Crippen molar-refractivity contribution < 1.29 is 9.84 Å². The number of aliphatic hydroxyl groups excluding tert-OH is 1. The first-order valence-electron chi connectivity index (χ1n) is 11.4. The number of hydrogen-bond acceptors (Lipinski definition) is 5. The number of aliphatic hydroxyl groups is 1. The number of aryl methyl sites for hydroxylation is 1. The molecule has 5 heteroatoms. The zero-order valence-electron chi connectivity index (χ0n) is 18.8. The summed E-state index contributed by atoms with van der Waals surface area (Å²) in [4.78, 5) is 9.23. The molecule has 1 aliphatic heterocycles. The summed E-state index contributed by atoms with van der Waals surface area (Å²) in [5, 5.41) is 10.5. The maximum atomic E-state index is 10.5. The number of ether oxygens (including phenoxy) is 1. The summed E-state index contributed by atoms with van der Waals surface area (Å²) in [7, 11) is 0. The number of β-amino-alcohol motifs (C(OH)–C–C–N with tert-alkyl or cyclic N) is 1. The van der Waals surface area contributed by atoms with Gasteiger partial charge in [0.1, 0.15) is 0 Å². The van der Waals surface area contributed by atoms with Crippen molar-refractivity contribution in [2.45, 2.75) is 25.7 Å². The van der Waals surface area contributed by atoms with Gasteiger partial charge in [-0.25, -0.2) is 0 Å². The number of pyridine rings is 1. The van der Waals surface area contributed by atoms with Crippen LogP contribution in [0.2, 0.25) is 0 Å². The molecule has 1 unspecified atom stereocenters. The van der Waals surface area contributed by atoms with Crippen LogP contribution in [0.4, 0.5) is 0 Å². The Morgan fingerprint density at radius 1 is 0.875 bits per heavy atom. The topological polar surface area (TPSA) is 48.8 Å². The van der Waals surface area contributed by atoms with E-state index in [1.807, 2.05) is 25.3 Å². The van der Waals surface area contributed by atoms with Gasteiger partial charge in [-0.2, -0.15) is 0 Å². The van der Waals surface area contributed by atoms with Gasteiger partial charge in [-0.3, -0.25) is 14.8 Å². The zero-order valence-corrected chi connectivity index (χ0v) is 18.8. The molecule has 2 aromatic carbocycles. The van der Waals surface area contributed by atoms with Crippen LogP contribution < -0.4 is 0 Å². The molecule has 1 fully saturated rings. The third kappa shape index (κ3) is 6.24. The van der Waals surface area contributed by atoms with Gasteiger partial charge in [0.05, 0.1) is 31.1 Å². The Morgan fingerprint density at radius 3 is 2.06 bits per heavy atom. The molecule has 0 bridgehead atoms. The second-order valence-electron chi connectivity index (χ2n) is 8.56. The smallest absolute Gasteiger partial charge is 0.0900 e. The molecule has 2 heterocycles. The van der Waals surface area contributed by atoms with Crippen LogP contribution in [0, 0.1) is 6.92 Å². The predicted octanol–water partition coefficient (Wildman–Crippen LogP) is 3.67. The van der Waals surface area contributed by atoms with Crippen molar-refractivity contribution in [2.75, 3.05) is 39.3 Å². The summed E-state index contributed by atoms with van der Waals surface area (Å²) in [6.07, 6.45) is 1.35. The van der Waals surface area contributed by atoms with Crippen molar-refractivity contribution in [2.24, 2.45) is 0 Å². The first kappa shape index (κ1) is 22.6. The third-order valence-electron chi connectivity index (χ3n) is 6.00. The summed E-state index contributed by atoms with van der Waals surface area (Å²) in [6.45, 7) is 7.22. The van der Waals surface area contributed by atoms with Gasteiger partial charge in [-0.05, 0) is 29.7 Å². The molecule has 0 aliphatic carbocycles. The molecule has 0 radical (unpaired) electrons. The van der Waals surface area contributed by atoms with E-state index < -0.39 is 6.10 Å². The molecule has 4 rings (SSSR count). The fraction of sp³-hybridized carbons (Fsp3) is 0.370. The maximum absolute atomic E-state index is 10.5. The van der Waals surface area contributed by atoms with Crippen molar-refractivity contribution in [1.82, 2.24) is 14.8 Å². The van der Waals surface area contributed by atoms with E-state index in [9.17, 15) is 5.11 Å². The molecule has 1 atom stereocenters. The molecule has 1 saturated heterocycles. The minimum atomic E-state index is -0.494. The molecule has 1 aliphatic rings. The van der Waals surface area contributed by atoms with E-state index in [0.717, 1.165) is 37.4 Å². The van der Waals surface area contributed by atoms with E-state index in [-0.39, 0.29) is 6.04 Å². The summed E-state index contributed by atoms with van der Waals surface area (Å²) >= 11 is 0. The van der Waals surface area contributed by atoms with Crippen molar-refractivity contribution >= 4 is 0 Å². The molecule has 0 spiro atoms. The molecular weight excluding hydrogens is 398 g/mol. The highest BCUT2D eigenvalue weighted by molar-refractivity contribution is 5.32. The Labute approximate surface area is 191 Å². The fourth-order valence-corrected chi connectivity index (χ4v) is 4.32. The number of piperazine rings is 1. The summed E-state index contributed by atoms with van der Waals surface area (Å²) in [5.74, 6) is 0. The van der Waals surface area contributed by atoms with E-state index in [1.165, 1.54) is 11.1 Å². The van der Waals surface area contributed by atoms with E-state index in [1.54, 1.807) is 0 Å². The molecule has 3 aromatic rings. The van der Waals surface area contributed by atoms with Gasteiger partial charge < -0.3 is 9.84 Å². The predicted molar refractivity (Wildman–Crippen MR) is 127 cm³/mol. The first-order chi connectivity index (χ1) is 15.7. The molecule has 32 heavy (non-hydrogen) atoms. The van der Waals surface area contributed by atoms with Crippen molar-refractivity contribution in [3.8, 4) is 0 Å². The second kappa shape index (κ2) is 11.3. The Kier molecular flexibility index (Phi) is 8.02. The molecule has 1 N–H and O–H groups in total. The molecule has 168 valence electrons. The number of aromatic nitrogens is 1. The number of hydrogen-bond donors (Lipinski definition) is 1. The van der Waals surface area contributed by atoms with Crippen LogP contribution in [0.3, 0.4) is 0 Å². The maximum Gasteiger partial charge on any atom is 0.0900 e. The van der Waals surface area contributed by atoms with E-state index in [4.69, 9.17) is 4.74 Å². The standard InChI is InChI=1S/C27H33N3O2/c1-22-12-13-25(28-18-22)20-32-21-26(31)19-29-14-16-30(17-15-29)27(23-8-4-2-5-9-23)24-10-6-3-7-11-24/h2-13,18,26-27,31H,14-17,19-21H2,1H3. The summed E-state index contributed by atoms with van der Waals surface area (Å²) in [5.41, 5.74) is 4.68. The van der Waals surface area contributed by atoms with Crippen LogP contribution in [-0.2, 0) is 11.3 Å². The second-order valence-corrected chi connectivity index (χ2v) is 8.56. The van der Waals surface area contributed by atoms with Gasteiger partial charge in [0.2, 0.25) is 0 Å². The quantitative estimate of drug-likeness (QED) is 0.560. The lowest BCUT2D eigenvalue weighted by atomic mass is 9.96. The Hall–Kier alpha value is -2.57. The number of benzene rings is 2. The largest absolute Gasteiger partial charge is 0.389 e. The molecule has 1 aromatic heterocycles. The third-order valence-corrected chi connectivity index (χ3v) is 6.00. The molecule has 5 nitrogen and oxygen atoms in total. The fourth-order valence-electron chi connectivity index (χ4n) is 4.32. The highest BCUT2D eigenvalue weighted by Gasteiger charge is 2.27. The van der Waals surface area contributed by atoms with Crippen LogP contribution in [0.5, 0.6) is 0 Å². The molecular formula is C27H33N3O2. The Bertz CT molecular complexity index is 887. The van der Waals surface area contributed by atoms with Crippen LogP contribution in [0.1, 0.15) is 28.4 Å². The highest BCUT2D eigenvalue weighted by atomic mass is 16.5. The van der Waals surface area contributed by atoms with Gasteiger partial charge in [-0.1, -0.05) is 66.7 Å². The average molecular weight is 432 g/mol. The number of nitrogens with zero attached hydrogens (tertiary/aromatic N) is 3. The van der Waals surface area contributed by atoms with E-state index >= 15 is 0 Å². The van der Waals surface area contributed by atoms with Gasteiger partial charge in [0.25, 0.3) is 0 Å².